The van der Waals surface area contributed by atoms with Gasteiger partial charge in [0.15, 0.2) is 0 Å². The van der Waals surface area contributed by atoms with Gasteiger partial charge in [0, 0.05) is 7.05 Å². The highest BCUT2D eigenvalue weighted by atomic mass is 32.2. The minimum Gasteiger partial charge on any atom is -0.264 e. The summed E-state index contributed by atoms with van der Waals surface area (Å²) in [5.74, 6) is 0. The Labute approximate surface area is 81.8 Å². The maximum atomic E-state index is 11.4. The number of rotatable bonds is 0. The smallest absolute Gasteiger partial charge is 0.264 e. The van der Waals surface area contributed by atoms with E-state index in [2.05, 4.69) is 4.72 Å². The molecule has 0 aliphatic carbocycles. The van der Waals surface area contributed by atoms with E-state index in [1.165, 1.54) is 13.1 Å². The number of benzene rings is 1. The molecule has 0 fully saturated rings. The minimum atomic E-state index is -3.44. The summed E-state index contributed by atoms with van der Waals surface area (Å²) in [6, 6.07) is 6.64. The average Bonchev–Trinajstić information content (AvgIpc) is 2.38. The fraction of sp³-hybridized carbons (Fsp3) is 0.125. The Morgan fingerprint density at radius 2 is 2.21 bits per heavy atom. The van der Waals surface area contributed by atoms with Gasteiger partial charge in [-0.2, -0.15) is 13.7 Å². The number of fused-ring (bicyclic) bond motifs is 1. The van der Waals surface area contributed by atoms with E-state index in [-0.39, 0.29) is 0 Å². The van der Waals surface area contributed by atoms with Crippen LogP contribution in [0.4, 0.5) is 11.4 Å². The number of anilines is 2. The Bertz CT molecular complexity index is 530. The van der Waals surface area contributed by atoms with Gasteiger partial charge in [-0.3, -0.25) is 9.03 Å². The topological polar surface area (TPSA) is 73.2 Å². The van der Waals surface area contributed by atoms with E-state index in [9.17, 15) is 8.42 Å². The molecule has 6 heteroatoms. The van der Waals surface area contributed by atoms with E-state index in [1.807, 2.05) is 6.07 Å². The van der Waals surface area contributed by atoms with E-state index in [1.54, 1.807) is 12.1 Å². The van der Waals surface area contributed by atoms with Gasteiger partial charge in [0.05, 0.1) is 23.0 Å². The van der Waals surface area contributed by atoms with Crippen molar-refractivity contribution in [3.63, 3.8) is 0 Å². The van der Waals surface area contributed by atoms with Crippen LogP contribution < -0.4 is 9.03 Å². The van der Waals surface area contributed by atoms with E-state index >= 15 is 0 Å². The lowest BCUT2D eigenvalue weighted by Crippen LogP contribution is -2.25. The molecular weight excluding hydrogens is 202 g/mol. The zero-order valence-electron chi connectivity index (χ0n) is 7.35. The fourth-order valence-corrected chi connectivity index (χ4v) is 2.28. The summed E-state index contributed by atoms with van der Waals surface area (Å²) in [5, 5.41) is 8.65. The monoisotopic (exact) mass is 209 g/mol. The Hall–Kier alpha value is -1.74. The van der Waals surface area contributed by atoms with E-state index in [0.717, 1.165) is 4.31 Å². The van der Waals surface area contributed by atoms with Gasteiger partial charge in [0.2, 0.25) is 0 Å². The molecule has 2 rings (SSSR count). The Morgan fingerprint density at radius 1 is 1.50 bits per heavy atom. The summed E-state index contributed by atoms with van der Waals surface area (Å²) in [6.07, 6.45) is 0. The van der Waals surface area contributed by atoms with Crippen LogP contribution in [-0.2, 0) is 10.2 Å². The highest BCUT2D eigenvalue weighted by Gasteiger charge is 2.29. The number of nitrogens with zero attached hydrogens (tertiary/aromatic N) is 2. The largest absolute Gasteiger partial charge is 0.323 e. The summed E-state index contributed by atoms with van der Waals surface area (Å²) >= 11 is 0. The average molecular weight is 209 g/mol. The second kappa shape index (κ2) is 2.62. The van der Waals surface area contributed by atoms with E-state index < -0.39 is 10.2 Å². The van der Waals surface area contributed by atoms with Crippen molar-refractivity contribution in [3.05, 3.63) is 23.8 Å². The van der Waals surface area contributed by atoms with Gasteiger partial charge in [0.1, 0.15) is 0 Å². The summed E-state index contributed by atoms with van der Waals surface area (Å²) < 4.78 is 26.2. The molecule has 0 atom stereocenters. The van der Waals surface area contributed by atoms with Gasteiger partial charge in [-0.25, -0.2) is 0 Å². The van der Waals surface area contributed by atoms with Crippen LogP contribution in [0.1, 0.15) is 5.56 Å². The molecule has 1 aromatic rings. The molecule has 1 heterocycles. The third-order valence-electron chi connectivity index (χ3n) is 2.07. The molecule has 0 unspecified atom stereocenters. The molecule has 14 heavy (non-hydrogen) atoms. The van der Waals surface area contributed by atoms with Crippen molar-refractivity contribution in [1.29, 1.82) is 5.26 Å². The lowest BCUT2D eigenvalue weighted by molar-refractivity contribution is 0.601. The van der Waals surface area contributed by atoms with Crippen LogP contribution >= 0.6 is 0 Å². The molecule has 0 radical (unpaired) electrons. The number of nitrogens with one attached hydrogen (secondary N) is 1. The van der Waals surface area contributed by atoms with Crippen LogP contribution in [0.3, 0.4) is 0 Å². The van der Waals surface area contributed by atoms with Gasteiger partial charge in [0.25, 0.3) is 0 Å². The first-order valence-electron chi connectivity index (χ1n) is 3.85. The maximum absolute atomic E-state index is 11.4. The lowest BCUT2D eigenvalue weighted by atomic mass is 10.2. The van der Waals surface area contributed by atoms with Crippen LogP contribution in [0.5, 0.6) is 0 Å². The Morgan fingerprint density at radius 3 is 2.86 bits per heavy atom. The van der Waals surface area contributed by atoms with Crippen molar-refractivity contribution in [2.75, 3.05) is 16.1 Å². The molecule has 0 saturated heterocycles. The van der Waals surface area contributed by atoms with Gasteiger partial charge >= 0.3 is 10.2 Å². The molecule has 0 spiro atoms. The van der Waals surface area contributed by atoms with Gasteiger partial charge in [-0.15, -0.1) is 0 Å². The normalized spacial score (nSPS) is 17.0. The Balaban J connectivity index is 2.63. The number of hydrogen-bond acceptors (Lipinski definition) is 3. The highest BCUT2D eigenvalue weighted by molar-refractivity contribution is 7.94. The quantitative estimate of drug-likeness (QED) is 0.682. The third-order valence-corrected chi connectivity index (χ3v) is 3.46. The van der Waals surface area contributed by atoms with Crippen LogP contribution in [-0.4, -0.2) is 15.5 Å². The van der Waals surface area contributed by atoms with Crippen molar-refractivity contribution >= 4 is 21.6 Å². The highest BCUT2D eigenvalue weighted by Crippen LogP contribution is 2.34. The van der Waals surface area contributed by atoms with Gasteiger partial charge in [-0.05, 0) is 18.2 Å². The number of hydrogen-bond donors (Lipinski definition) is 1. The van der Waals surface area contributed by atoms with Gasteiger partial charge < -0.3 is 0 Å². The molecule has 0 aromatic heterocycles. The van der Waals surface area contributed by atoms with Crippen LogP contribution in [0.25, 0.3) is 0 Å². The van der Waals surface area contributed by atoms with E-state index in [0.29, 0.717) is 16.9 Å². The third kappa shape index (κ3) is 1.10. The first kappa shape index (κ1) is 8.84. The van der Waals surface area contributed by atoms with Gasteiger partial charge in [-0.1, -0.05) is 0 Å². The van der Waals surface area contributed by atoms with E-state index in [4.69, 9.17) is 5.26 Å². The summed E-state index contributed by atoms with van der Waals surface area (Å²) in [7, 11) is -2.00. The maximum Gasteiger partial charge on any atom is 0.323 e. The molecule has 1 N–H and O–H groups in total. The molecule has 1 aromatic carbocycles. The first-order chi connectivity index (χ1) is 6.54. The molecule has 1 aliphatic heterocycles. The molecular formula is C8H7N3O2S. The van der Waals surface area contributed by atoms with Crippen LogP contribution in [0, 0.1) is 11.3 Å². The molecule has 72 valence electrons. The van der Waals surface area contributed by atoms with Crippen LogP contribution in [0.2, 0.25) is 0 Å². The van der Waals surface area contributed by atoms with Crippen molar-refractivity contribution in [3.8, 4) is 6.07 Å². The zero-order chi connectivity index (χ0) is 10.3. The standard InChI is InChI=1S/C8H7N3O2S/c1-11-8-4-6(5-9)2-3-7(8)10-14(11,12)13/h2-4,10H,1H3. The Kier molecular flexibility index (Phi) is 1.66. The summed E-state index contributed by atoms with van der Waals surface area (Å²) in [4.78, 5) is 0. The summed E-state index contributed by atoms with van der Waals surface area (Å²) in [5.41, 5.74) is 1.45. The van der Waals surface area contributed by atoms with Crippen molar-refractivity contribution in [1.82, 2.24) is 0 Å². The zero-order valence-corrected chi connectivity index (χ0v) is 8.17. The predicted molar refractivity (Wildman–Crippen MR) is 52.1 cm³/mol. The first-order valence-corrected chi connectivity index (χ1v) is 5.29. The number of nitriles is 1. The lowest BCUT2D eigenvalue weighted by Gasteiger charge is -2.08. The molecule has 0 bridgehead atoms. The predicted octanol–water partition coefficient (Wildman–Crippen LogP) is 0.665. The minimum absolute atomic E-state index is 0.439. The van der Waals surface area contributed by atoms with Crippen molar-refractivity contribution in [2.45, 2.75) is 0 Å². The second-order valence-corrected chi connectivity index (χ2v) is 4.62. The van der Waals surface area contributed by atoms with Crippen molar-refractivity contribution < 1.29 is 8.42 Å². The fourth-order valence-electron chi connectivity index (χ4n) is 1.28. The molecule has 5 nitrogen and oxygen atoms in total. The SMILES string of the molecule is CN1c2cc(C#N)ccc2NS1(=O)=O. The van der Waals surface area contributed by atoms with Crippen LogP contribution in [0.15, 0.2) is 18.2 Å². The molecule has 0 amide bonds. The molecule has 1 aliphatic rings. The second-order valence-electron chi connectivity index (χ2n) is 2.92. The van der Waals surface area contributed by atoms with Crippen molar-refractivity contribution in [2.24, 2.45) is 0 Å². The summed E-state index contributed by atoms with van der Waals surface area (Å²) in [6.45, 7) is 0. The molecule has 0 saturated carbocycles.